The highest BCUT2D eigenvalue weighted by Gasteiger charge is 2.55. The molecule has 10 nitrogen and oxygen atoms in total. The lowest BCUT2D eigenvalue weighted by Gasteiger charge is -2.53. The predicted octanol–water partition coefficient (Wildman–Crippen LogP) is 5.41. The molecule has 0 bridgehead atoms. The van der Waals surface area contributed by atoms with E-state index in [4.69, 9.17) is 16.3 Å². The van der Waals surface area contributed by atoms with Gasteiger partial charge >= 0.3 is 0 Å². The van der Waals surface area contributed by atoms with E-state index in [0.717, 1.165) is 16.8 Å². The molecule has 3 aliphatic carbocycles. The Morgan fingerprint density at radius 2 is 1.89 bits per heavy atom. The van der Waals surface area contributed by atoms with Crippen LogP contribution in [-0.4, -0.2) is 67.8 Å². The van der Waals surface area contributed by atoms with Crippen molar-refractivity contribution in [1.82, 2.24) is 28.9 Å². The molecule has 2 atom stereocenters. The molecule has 7 rings (SSSR count). The standard InChI is InChI=1S/C33H34ClFN6O4S/c1-32(45-3)17-27(18-32)41(46(43,44)30-11-13-39(2)38-30)26-7-4-22-14-29-21(20-37-40(29)25-8-5-24(35)6-9-25)16-33(22,19-26)31(42)28-15-23(34)10-12-36-28/h5-6,8-15,20,26-27H,4,7,16-19H2,1-3H3/t26-,27?,32?,33-/m0/s1. The molecular weight excluding hydrogens is 631 g/mol. The van der Waals surface area contributed by atoms with Crippen molar-refractivity contribution in [2.45, 2.75) is 68.2 Å². The minimum Gasteiger partial charge on any atom is -0.378 e. The van der Waals surface area contributed by atoms with Crippen LogP contribution in [0.3, 0.4) is 0 Å². The van der Waals surface area contributed by atoms with E-state index in [1.54, 1.807) is 59.8 Å². The lowest BCUT2D eigenvalue weighted by atomic mass is 9.60. The Hall–Kier alpha value is -3.71. The summed E-state index contributed by atoms with van der Waals surface area (Å²) in [5.74, 6) is -0.556. The van der Waals surface area contributed by atoms with Gasteiger partial charge in [0.25, 0.3) is 10.0 Å². The van der Waals surface area contributed by atoms with Gasteiger partial charge in [-0.3, -0.25) is 14.5 Å². The number of carbonyl (C=O) groups is 1. The summed E-state index contributed by atoms with van der Waals surface area (Å²) in [4.78, 5) is 19.1. The van der Waals surface area contributed by atoms with E-state index in [-0.39, 0.29) is 34.8 Å². The van der Waals surface area contributed by atoms with E-state index in [0.29, 0.717) is 42.8 Å². The average molecular weight is 665 g/mol. The number of methoxy groups -OCH3 is 1. The minimum absolute atomic E-state index is 0.0225. The Morgan fingerprint density at radius 1 is 1.13 bits per heavy atom. The molecule has 1 aromatic carbocycles. The van der Waals surface area contributed by atoms with E-state index in [1.807, 2.05) is 13.0 Å². The number of aromatic nitrogens is 5. The van der Waals surface area contributed by atoms with Crippen LogP contribution in [0.4, 0.5) is 4.39 Å². The molecule has 0 aliphatic heterocycles. The number of ether oxygens (including phenoxy) is 1. The molecule has 0 radical (unpaired) electrons. The average Bonchev–Trinajstić information content (AvgIpc) is 3.65. The molecule has 46 heavy (non-hydrogen) atoms. The summed E-state index contributed by atoms with van der Waals surface area (Å²) in [7, 11) is -0.699. The second kappa shape index (κ2) is 11.2. The summed E-state index contributed by atoms with van der Waals surface area (Å²) in [6.07, 6.45) is 9.45. The highest BCUT2D eigenvalue weighted by atomic mass is 35.5. The van der Waals surface area contributed by atoms with Crippen LogP contribution in [0.1, 0.15) is 60.8 Å². The molecule has 3 aliphatic rings. The Labute approximate surface area is 271 Å². The van der Waals surface area contributed by atoms with Gasteiger partial charge in [0.05, 0.1) is 28.6 Å². The first kappa shape index (κ1) is 30.9. The van der Waals surface area contributed by atoms with Gasteiger partial charge in [-0.05, 0) is 99.6 Å². The van der Waals surface area contributed by atoms with Gasteiger partial charge in [0, 0.05) is 43.7 Å². The highest BCUT2D eigenvalue weighted by Crippen LogP contribution is 2.53. The van der Waals surface area contributed by atoms with Crippen molar-refractivity contribution in [1.29, 1.82) is 0 Å². The van der Waals surface area contributed by atoms with Crippen LogP contribution in [0.15, 0.2) is 71.7 Å². The van der Waals surface area contributed by atoms with Crippen molar-refractivity contribution in [3.05, 3.63) is 94.4 Å². The van der Waals surface area contributed by atoms with E-state index in [2.05, 4.69) is 15.2 Å². The summed E-state index contributed by atoms with van der Waals surface area (Å²) < 4.78 is 52.9. The first-order chi connectivity index (χ1) is 21.9. The number of fused-ring (bicyclic) bond motifs is 2. The molecule has 13 heteroatoms. The Morgan fingerprint density at radius 3 is 2.57 bits per heavy atom. The predicted molar refractivity (Wildman–Crippen MR) is 170 cm³/mol. The molecule has 240 valence electrons. The molecule has 0 saturated heterocycles. The zero-order chi connectivity index (χ0) is 32.4. The fourth-order valence-electron chi connectivity index (χ4n) is 7.48. The Balaban J connectivity index is 1.33. The smallest absolute Gasteiger partial charge is 0.262 e. The fourth-order valence-corrected chi connectivity index (χ4v) is 9.43. The summed E-state index contributed by atoms with van der Waals surface area (Å²) in [6, 6.07) is 9.97. The number of benzene rings is 1. The van der Waals surface area contributed by atoms with Crippen LogP contribution < -0.4 is 0 Å². The zero-order valence-corrected chi connectivity index (χ0v) is 27.3. The van der Waals surface area contributed by atoms with Gasteiger partial charge in [0.2, 0.25) is 0 Å². The molecule has 2 fully saturated rings. The molecule has 2 saturated carbocycles. The number of halogens is 2. The Kier molecular flexibility index (Phi) is 7.54. The first-order valence-corrected chi connectivity index (χ1v) is 17.0. The van der Waals surface area contributed by atoms with Crippen molar-refractivity contribution in [2.24, 2.45) is 12.5 Å². The van der Waals surface area contributed by atoms with Crippen molar-refractivity contribution in [3.63, 3.8) is 0 Å². The number of sulfonamides is 1. The van der Waals surface area contributed by atoms with Gasteiger partial charge in [-0.15, -0.1) is 0 Å². The van der Waals surface area contributed by atoms with E-state index in [1.165, 1.54) is 29.1 Å². The van der Waals surface area contributed by atoms with Crippen molar-refractivity contribution in [3.8, 4) is 5.69 Å². The van der Waals surface area contributed by atoms with E-state index >= 15 is 0 Å². The Bertz CT molecular complexity index is 1970. The number of hydrogen-bond acceptors (Lipinski definition) is 7. The number of Topliss-reactive ketones (excluding diaryl/α,β-unsaturated/α-hetero) is 1. The topological polar surface area (TPSA) is 112 Å². The van der Waals surface area contributed by atoms with Crippen LogP contribution in [-0.2, 0) is 28.2 Å². The van der Waals surface area contributed by atoms with Gasteiger partial charge in [-0.2, -0.15) is 14.5 Å². The molecular formula is C33H34ClFN6O4S. The van der Waals surface area contributed by atoms with Gasteiger partial charge in [0.15, 0.2) is 10.8 Å². The summed E-state index contributed by atoms with van der Waals surface area (Å²) in [5.41, 5.74) is 1.93. The number of ketones is 1. The van der Waals surface area contributed by atoms with Crippen LogP contribution in [0.25, 0.3) is 11.8 Å². The van der Waals surface area contributed by atoms with Crippen LogP contribution in [0, 0.1) is 11.2 Å². The molecule has 0 N–H and O–H groups in total. The maximum Gasteiger partial charge on any atom is 0.262 e. The largest absolute Gasteiger partial charge is 0.378 e. The SMILES string of the molecule is COC1(C)CC(N([C@H]2CCC3=Cc4c(cnn4-c4ccc(F)cc4)C[C@]3(C(=O)c3cc(Cl)ccn3)C2)S(=O)(=O)c2ccn(C)n2)C1. The van der Waals surface area contributed by atoms with Crippen LogP contribution >= 0.6 is 11.6 Å². The lowest BCUT2D eigenvalue weighted by molar-refractivity contribution is -0.0976. The number of nitrogens with zero attached hydrogens (tertiary/aromatic N) is 6. The molecule has 4 aromatic rings. The fraction of sp³-hybridized carbons (Fsp3) is 0.394. The normalized spacial score (nSPS) is 25.8. The molecule has 3 aromatic heterocycles. The highest BCUT2D eigenvalue weighted by molar-refractivity contribution is 7.89. The summed E-state index contributed by atoms with van der Waals surface area (Å²) >= 11 is 6.33. The van der Waals surface area contributed by atoms with Crippen LogP contribution in [0.2, 0.25) is 5.02 Å². The molecule has 3 heterocycles. The molecule has 0 amide bonds. The number of aryl methyl sites for hydroxylation is 1. The number of pyridine rings is 1. The molecule has 0 unspecified atom stereocenters. The van der Waals surface area contributed by atoms with Gasteiger partial charge in [0.1, 0.15) is 11.5 Å². The number of carbonyl (C=O) groups excluding carboxylic acids is 1. The van der Waals surface area contributed by atoms with E-state index in [9.17, 15) is 17.6 Å². The maximum absolute atomic E-state index is 14.7. The third kappa shape index (κ3) is 5.11. The summed E-state index contributed by atoms with van der Waals surface area (Å²) in [5, 5.41) is 9.25. The zero-order valence-electron chi connectivity index (χ0n) is 25.7. The van der Waals surface area contributed by atoms with Crippen molar-refractivity contribution < 1.29 is 22.3 Å². The minimum atomic E-state index is -4.02. The lowest BCUT2D eigenvalue weighted by Crippen LogP contribution is -2.61. The first-order valence-electron chi connectivity index (χ1n) is 15.2. The second-order valence-corrected chi connectivity index (χ2v) is 15.1. The molecule has 0 spiro atoms. The van der Waals surface area contributed by atoms with Crippen molar-refractivity contribution >= 4 is 33.5 Å². The third-order valence-corrected chi connectivity index (χ3v) is 12.0. The monoisotopic (exact) mass is 664 g/mol. The van der Waals surface area contributed by atoms with Crippen molar-refractivity contribution in [2.75, 3.05) is 7.11 Å². The van der Waals surface area contributed by atoms with Gasteiger partial charge in [-0.25, -0.2) is 17.5 Å². The number of rotatable bonds is 8. The van der Waals surface area contributed by atoms with Gasteiger partial charge in [-0.1, -0.05) is 17.2 Å². The summed E-state index contributed by atoms with van der Waals surface area (Å²) in [6.45, 7) is 1.98. The number of hydrogen-bond donors (Lipinski definition) is 0. The van der Waals surface area contributed by atoms with E-state index < -0.39 is 27.1 Å². The quantitative estimate of drug-likeness (QED) is 0.232. The number of allylic oxidation sites excluding steroid dienone is 1. The van der Waals surface area contributed by atoms with Gasteiger partial charge < -0.3 is 4.74 Å². The maximum atomic E-state index is 14.7. The third-order valence-electron chi connectivity index (χ3n) is 9.87. The van der Waals surface area contributed by atoms with Crippen LogP contribution in [0.5, 0.6) is 0 Å². The second-order valence-electron chi connectivity index (χ2n) is 12.8.